The van der Waals surface area contributed by atoms with Crippen molar-refractivity contribution in [2.45, 2.75) is 31.8 Å². The molecule has 1 nitrogen and oxygen atoms in total. The first-order valence-electron chi connectivity index (χ1n) is 6.29. The highest BCUT2D eigenvalue weighted by atomic mass is 35.5. The Kier molecular flexibility index (Phi) is 5.37. The number of aliphatic hydroxyl groups excluding tert-OH is 1. The molecule has 0 saturated carbocycles. The minimum atomic E-state index is -0.520. The zero-order valence-electron chi connectivity index (χ0n) is 10.5. The lowest BCUT2D eigenvalue weighted by Gasteiger charge is -2.11. The SMILES string of the molecule is OC(CCCc1cccs1)Cc1cc(Cl)ccc1F. The number of aryl methyl sites for hydroxylation is 1. The molecule has 1 aromatic heterocycles. The van der Waals surface area contributed by atoms with Crippen molar-refractivity contribution in [2.24, 2.45) is 0 Å². The summed E-state index contributed by atoms with van der Waals surface area (Å²) < 4.78 is 13.5. The van der Waals surface area contributed by atoms with Crippen molar-refractivity contribution in [3.63, 3.8) is 0 Å². The molecule has 4 heteroatoms. The lowest BCUT2D eigenvalue weighted by atomic mass is 10.0. The summed E-state index contributed by atoms with van der Waals surface area (Å²) in [6, 6.07) is 8.56. The monoisotopic (exact) mass is 298 g/mol. The predicted octanol–water partition coefficient (Wildman–Crippen LogP) is 4.47. The van der Waals surface area contributed by atoms with E-state index in [1.807, 2.05) is 11.4 Å². The van der Waals surface area contributed by atoms with Gasteiger partial charge >= 0.3 is 0 Å². The molecule has 0 amide bonds. The molecule has 1 N–H and O–H groups in total. The topological polar surface area (TPSA) is 20.2 Å². The Balaban J connectivity index is 1.80. The van der Waals surface area contributed by atoms with Gasteiger partial charge in [-0.2, -0.15) is 0 Å². The van der Waals surface area contributed by atoms with Gasteiger partial charge in [-0.3, -0.25) is 0 Å². The zero-order chi connectivity index (χ0) is 13.7. The van der Waals surface area contributed by atoms with Gasteiger partial charge in [-0.15, -0.1) is 11.3 Å². The lowest BCUT2D eigenvalue weighted by Crippen LogP contribution is -2.11. The highest BCUT2D eigenvalue weighted by Crippen LogP contribution is 2.18. The Morgan fingerprint density at radius 1 is 1.32 bits per heavy atom. The van der Waals surface area contributed by atoms with Crippen LogP contribution in [0.1, 0.15) is 23.3 Å². The van der Waals surface area contributed by atoms with Crippen LogP contribution in [-0.4, -0.2) is 11.2 Å². The number of hydrogen-bond donors (Lipinski definition) is 1. The summed E-state index contributed by atoms with van der Waals surface area (Å²) >= 11 is 7.55. The molecule has 0 radical (unpaired) electrons. The second-order valence-corrected chi connectivity index (χ2v) is 6.03. The molecule has 2 aromatic rings. The molecular formula is C15H16ClFOS. The summed E-state index contributed by atoms with van der Waals surface area (Å²) in [5, 5.41) is 12.5. The van der Waals surface area contributed by atoms with Gasteiger partial charge in [0, 0.05) is 16.3 Å². The Labute approximate surface area is 121 Å². The normalized spacial score (nSPS) is 12.6. The smallest absolute Gasteiger partial charge is 0.126 e. The first-order chi connectivity index (χ1) is 9.15. The molecule has 1 aromatic carbocycles. The first-order valence-corrected chi connectivity index (χ1v) is 7.55. The minimum absolute atomic E-state index is 0.304. The van der Waals surface area contributed by atoms with Gasteiger partial charge in [-0.1, -0.05) is 17.7 Å². The molecule has 0 aliphatic heterocycles. The zero-order valence-corrected chi connectivity index (χ0v) is 12.1. The van der Waals surface area contributed by atoms with Crippen LogP contribution in [0.2, 0.25) is 5.02 Å². The molecule has 0 saturated heterocycles. The molecule has 19 heavy (non-hydrogen) atoms. The van der Waals surface area contributed by atoms with Crippen LogP contribution in [0.15, 0.2) is 35.7 Å². The highest BCUT2D eigenvalue weighted by Gasteiger charge is 2.10. The maximum atomic E-state index is 13.5. The fourth-order valence-electron chi connectivity index (χ4n) is 2.02. The molecule has 0 aliphatic rings. The van der Waals surface area contributed by atoms with Crippen LogP contribution in [0.4, 0.5) is 4.39 Å². The Morgan fingerprint density at radius 3 is 2.89 bits per heavy atom. The standard InChI is InChI=1S/C15H16ClFOS/c16-12-6-7-15(17)11(9-12)10-13(18)3-1-4-14-5-2-8-19-14/h2,5-9,13,18H,1,3-4,10H2. The largest absolute Gasteiger partial charge is 0.393 e. The van der Waals surface area contributed by atoms with Crippen molar-refractivity contribution in [2.75, 3.05) is 0 Å². The van der Waals surface area contributed by atoms with E-state index in [1.54, 1.807) is 17.4 Å². The molecular weight excluding hydrogens is 283 g/mol. The van der Waals surface area contributed by atoms with Crippen LogP contribution in [-0.2, 0) is 12.8 Å². The van der Waals surface area contributed by atoms with Crippen molar-refractivity contribution in [3.05, 3.63) is 57.0 Å². The molecule has 2 rings (SSSR count). The molecule has 1 atom stereocenters. The molecule has 0 spiro atoms. The van der Waals surface area contributed by atoms with E-state index in [1.165, 1.54) is 17.0 Å². The fourth-order valence-corrected chi connectivity index (χ4v) is 2.97. The van der Waals surface area contributed by atoms with E-state index in [4.69, 9.17) is 11.6 Å². The summed E-state index contributed by atoms with van der Waals surface area (Å²) in [5.74, 6) is -0.304. The molecule has 102 valence electrons. The van der Waals surface area contributed by atoms with Crippen molar-refractivity contribution in [1.29, 1.82) is 0 Å². The first kappa shape index (κ1) is 14.5. The average Bonchev–Trinajstić information content (AvgIpc) is 2.87. The summed E-state index contributed by atoms with van der Waals surface area (Å²) in [6.07, 6.45) is 2.34. The number of hydrogen-bond acceptors (Lipinski definition) is 2. The maximum Gasteiger partial charge on any atom is 0.126 e. The van der Waals surface area contributed by atoms with E-state index >= 15 is 0 Å². The third-order valence-corrected chi connectivity index (χ3v) is 4.18. The third kappa shape index (κ3) is 4.60. The van der Waals surface area contributed by atoms with E-state index in [9.17, 15) is 9.50 Å². The lowest BCUT2D eigenvalue weighted by molar-refractivity contribution is 0.161. The Hall–Kier alpha value is -0.900. The van der Waals surface area contributed by atoms with E-state index in [-0.39, 0.29) is 5.82 Å². The maximum absolute atomic E-state index is 13.5. The van der Waals surface area contributed by atoms with Crippen LogP contribution < -0.4 is 0 Å². The number of benzene rings is 1. The summed E-state index contributed by atoms with van der Waals surface area (Å²) in [7, 11) is 0. The van der Waals surface area contributed by atoms with E-state index in [0.29, 0.717) is 23.4 Å². The average molecular weight is 299 g/mol. The van der Waals surface area contributed by atoms with Gasteiger partial charge in [-0.25, -0.2) is 4.39 Å². The predicted molar refractivity (Wildman–Crippen MR) is 78.4 cm³/mol. The van der Waals surface area contributed by atoms with E-state index in [0.717, 1.165) is 12.8 Å². The van der Waals surface area contributed by atoms with Gasteiger partial charge in [0.2, 0.25) is 0 Å². The quantitative estimate of drug-likeness (QED) is 0.834. The molecule has 0 aliphatic carbocycles. The summed E-state index contributed by atoms with van der Waals surface area (Å²) in [6.45, 7) is 0. The molecule has 0 bridgehead atoms. The number of aliphatic hydroxyl groups is 1. The molecule has 1 unspecified atom stereocenters. The number of halogens is 2. The van der Waals surface area contributed by atoms with Crippen LogP contribution >= 0.6 is 22.9 Å². The van der Waals surface area contributed by atoms with Crippen molar-refractivity contribution < 1.29 is 9.50 Å². The molecule has 1 heterocycles. The van der Waals surface area contributed by atoms with Gasteiger partial charge in [0.25, 0.3) is 0 Å². The van der Waals surface area contributed by atoms with Crippen LogP contribution in [0, 0.1) is 5.82 Å². The van der Waals surface area contributed by atoms with Crippen LogP contribution in [0.25, 0.3) is 0 Å². The summed E-state index contributed by atoms with van der Waals surface area (Å²) in [4.78, 5) is 1.32. The molecule has 0 fully saturated rings. The number of thiophene rings is 1. The second-order valence-electron chi connectivity index (χ2n) is 4.57. The van der Waals surface area contributed by atoms with Crippen molar-refractivity contribution in [3.8, 4) is 0 Å². The van der Waals surface area contributed by atoms with Crippen LogP contribution in [0.5, 0.6) is 0 Å². The Bertz CT molecular complexity index is 513. The minimum Gasteiger partial charge on any atom is -0.393 e. The van der Waals surface area contributed by atoms with Crippen molar-refractivity contribution >= 4 is 22.9 Å². The highest BCUT2D eigenvalue weighted by molar-refractivity contribution is 7.09. The van der Waals surface area contributed by atoms with Crippen molar-refractivity contribution in [1.82, 2.24) is 0 Å². The third-order valence-electron chi connectivity index (χ3n) is 3.00. The van der Waals surface area contributed by atoms with Gasteiger partial charge < -0.3 is 5.11 Å². The van der Waals surface area contributed by atoms with Gasteiger partial charge in [0.1, 0.15) is 5.82 Å². The van der Waals surface area contributed by atoms with Crippen LogP contribution in [0.3, 0.4) is 0 Å². The van der Waals surface area contributed by atoms with Gasteiger partial charge in [0.15, 0.2) is 0 Å². The van der Waals surface area contributed by atoms with E-state index < -0.39 is 6.10 Å². The van der Waals surface area contributed by atoms with Gasteiger partial charge in [0.05, 0.1) is 6.10 Å². The number of rotatable bonds is 6. The summed E-state index contributed by atoms with van der Waals surface area (Å²) in [5.41, 5.74) is 0.483. The Morgan fingerprint density at radius 2 is 2.16 bits per heavy atom. The second kappa shape index (κ2) is 7.04. The van der Waals surface area contributed by atoms with E-state index in [2.05, 4.69) is 6.07 Å². The van der Waals surface area contributed by atoms with Gasteiger partial charge in [-0.05, 0) is 54.5 Å². The fraction of sp³-hybridized carbons (Fsp3) is 0.333.